The Morgan fingerprint density at radius 2 is 1.91 bits per heavy atom. The maximum Gasteiger partial charge on any atom is 0.224 e. The Balaban J connectivity index is 0.00000176. The molecule has 5 heteroatoms. The van der Waals surface area contributed by atoms with Gasteiger partial charge in [-0.25, -0.2) is 0 Å². The first kappa shape index (κ1) is 17.6. The molecule has 22 heavy (non-hydrogen) atoms. The molecule has 2 bridgehead atoms. The molecule has 1 aromatic rings. The average molecular weight is 343 g/mol. The summed E-state index contributed by atoms with van der Waals surface area (Å²) in [5.41, 5.74) is 7.46. The van der Waals surface area contributed by atoms with E-state index in [9.17, 15) is 4.79 Å². The van der Waals surface area contributed by atoms with Gasteiger partial charge in [-0.2, -0.15) is 0 Å². The highest BCUT2D eigenvalue weighted by Crippen LogP contribution is 2.47. The van der Waals surface area contributed by atoms with Crippen molar-refractivity contribution in [1.82, 2.24) is 5.32 Å². The Morgan fingerprint density at radius 3 is 2.55 bits per heavy atom. The molecule has 0 aliphatic heterocycles. The number of nitrogens with two attached hydrogens (primary N) is 1. The Kier molecular flexibility index (Phi) is 6.13. The fourth-order valence-electron chi connectivity index (χ4n) is 4.00. The monoisotopic (exact) mass is 342 g/mol. The van der Waals surface area contributed by atoms with Crippen molar-refractivity contribution in [2.24, 2.45) is 23.5 Å². The van der Waals surface area contributed by atoms with Crippen LogP contribution >= 0.6 is 24.0 Å². The van der Waals surface area contributed by atoms with E-state index in [0.717, 1.165) is 30.8 Å². The second-order valence-electron chi connectivity index (χ2n) is 6.46. The highest BCUT2D eigenvalue weighted by atomic mass is 35.5. The molecule has 1 amide bonds. The molecule has 1 aromatic carbocycles. The predicted octanol–water partition coefficient (Wildman–Crippen LogP) is 3.18. The highest BCUT2D eigenvalue weighted by Gasteiger charge is 2.48. The van der Waals surface area contributed by atoms with Gasteiger partial charge in [0.2, 0.25) is 5.91 Å². The minimum Gasteiger partial charge on any atom is -0.356 e. The van der Waals surface area contributed by atoms with Crippen LogP contribution in [-0.2, 0) is 11.2 Å². The largest absolute Gasteiger partial charge is 0.356 e. The Hall–Kier alpha value is -0.770. The zero-order chi connectivity index (χ0) is 14.8. The quantitative estimate of drug-likeness (QED) is 0.807. The molecule has 0 radical (unpaired) electrons. The van der Waals surface area contributed by atoms with Crippen LogP contribution in [0.3, 0.4) is 0 Å². The molecule has 2 saturated carbocycles. The zero-order valence-electron chi connectivity index (χ0n) is 12.6. The molecule has 2 aliphatic rings. The maximum absolute atomic E-state index is 12.3. The lowest BCUT2D eigenvalue weighted by Crippen LogP contribution is -2.45. The van der Waals surface area contributed by atoms with E-state index in [-0.39, 0.29) is 30.3 Å². The number of carbonyl (C=O) groups is 1. The van der Waals surface area contributed by atoms with E-state index in [4.69, 9.17) is 17.3 Å². The highest BCUT2D eigenvalue weighted by molar-refractivity contribution is 6.30. The lowest BCUT2D eigenvalue weighted by molar-refractivity contribution is -0.127. The molecule has 3 rings (SSSR count). The van der Waals surface area contributed by atoms with E-state index in [1.807, 2.05) is 24.3 Å². The molecule has 0 aromatic heterocycles. The van der Waals surface area contributed by atoms with Gasteiger partial charge in [-0.15, -0.1) is 12.4 Å². The third-order valence-corrected chi connectivity index (χ3v) is 5.39. The number of rotatable bonds is 5. The van der Waals surface area contributed by atoms with Gasteiger partial charge in [-0.05, 0) is 61.6 Å². The fourth-order valence-corrected chi connectivity index (χ4v) is 4.12. The van der Waals surface area contributed by atoms with Crippen LogP contribution in [0.2, 0.25) is 5.02 Å². The normalized spacial score (nSPS) is 29.2. The third-order valence-electron chi connectivity index (χ3n) is 5.14. The lowest BCUT2D eigenvalue weighted by atomic mass is 9.84. The van der Waals surface area contributed by atoms with Crippen molar-refractivity contribution in [3.05, 3.63) is 34.9 Å². The molecule has 122 valence electrons. The molecule has 4 unspecified atom stereocenters. The van der Waals surface area contributed by atoms with Gasteiger partial charge >= 0.3 is 0 Å². The number of amides is 1. The Labute approximate surface area is 143 Å². The van der Waals surface area contributed by atoms with Crippen molar-refractivity contribution in [3.8, 4) is 0 Å². The van der Waals surface area contributed by atoms with E-state index < -0.39 is 0 Å². The molecular formula is C17H24Cl2N2O. The molecule has 3 nitrogen and oxygen atoms in total. The van der Waals surface area contributed by atoms with Crippen molar-refractivity contribution in [2.75, 3.05) is 6.54 Å². The number of hydrogen-bond donors (Lipinski definition) is 2. The van der Waals surface area contributed by atoms with Gasteiger partial charge in [-0.1, -0.05) is 23.7 Å². The van der Waals surface area contributed by atoms with Gasteiger partial charge in [0.1, 0.15) is 0 Å². The number of halogens is 2. The van der Waals surface area contributed by atoms with Gasteiger partial charge in [0.25, 0.3) is 0 Å². The molecule has 0 spiro atoms. The van der Waals surface area contributed by atoms with Crippen LogP contribution in [0, 0.1) is 17.8 Å². The SMILES string of the molecule is Cl.NC1C2CCC(C2)C1C(=O)NCCCc1ccc(Cl)cc1. The maximum atomic E-state index is 12.3. The number of carbonyl (C=O) groups excluding carboxylic acids is 1. The van der Waals surface area contributed by atoms with Crippen molar-refractivity contribution >= 4 is 29.9 Å². The third kappa shape index (κ3) is 3.76. The van der Waals surface area contributed by atoms with Crippen molar-refractivity contribution < 1.29 is 4.79 Å². The number of hydrogen-bond acceptors (Lipinski definition) is 2. The molecule has 4 atom stereocenters. The summed E-state index contributed by atoms with van der Waals surface area (Å²) in [6.45, 7) is 0.724. The van der Waals surface area contributed by atoms with Crippen LogP contribution < -0.4 is 11.1 Å². The minimum absolute atomic E-state index is 0. The average Bonchev–Trinajstić information content (AvgIpc) is 3.06. The van der Waals surface area contributed by atoms with E-state index in [0.29, 0.717) is 11.8 Å². The Morgan fingerprint density at radius 1 is 1.23 bits per heavy atom. The van der Waals surface area contributed by atoms with E-state index in [1.165, 1.54) is 18.4 Å². The fraction of sp³-hybridized carbons (Fsp3) is 0.588. The van der Waals surface area contributed by atoms with Gasteiger partial charge in [0, 0.05) is 17.6 Å². The van der Waals surface area contributed by atoms with Crippen molar-refractivity contribution in [1.29, 1.82) is 0 Å². The summed E-state index contributed by atoms with van der Waals surface area (Å²) in [6.07, 6.45) is 5.46. The summed E-state index contributed by atoms with van der Waals surface area (Å²) in [7, 11) is 0. The number of fused-ring (bicyclic) bond motifs is 2. The summed E-state index contributed by atoms with van der Waals surface area (Å²) >= 11 is 5.86. The van der Waals surface area contributed by atoms with Crippen molar-refractivity contribution in [2.45, 2.75) is 38.1 Å². The first-order valence-electron chi connectivity index (χ1n) is 7.93. The zero-order valence-corrected chi connectivity index (χ0v) is 14.2. The van der Waals surface area contributed by atoms with Gasteiger partial charge in [-0.3, -0.25) is 4.79 Å². The molecule has 2 fully saturated rings. The van der Waals surface area contributed by atoms with Crippen LogP contribution in [-0.4, -0.2) is 18.5 Å². The van der Waals surface area contributed by atoms with E-state index >= 15 is 0 Å². The smallest absolute Gasteiger partial charge is 0.224 e. The topological polar surface area (TPSA) is 55.1 Å². The summed E-state index contributed by atoms with van der Waals surface area (Å²) in [4.78, 5) is 12.3. The number of nitrogens with one attached hydrogen (secondary N) is 1. The summed E-state index contributed by atoms with van der Waals surface area (Å²) in [6, 6.07) is 7.97. The Bertz CT molecular complexity index is 504. The van der Waals surface area contributed by atoms with Gasteiger partial charge in [0.15, 0.2) is 0 Å². The number of benzene rings is 1. The van der Waals surface area contributed by atoms with Crippen molar-refractivity contribution in [3.63, 3.8) is 0 Å². The number of aryl methyl sites for hydroxylation is 1. The van der Waals surface area contributed by atoms with Crippen LogP contribution in [0.4, 0.5) is 0 Å². The molecule has 3 N–H and O–H groups in total. The second-order valence-corrected chi connectivity index (χ2v) is 6.89. The minimum atomic E-state index is 0. The molecule has 0 heterocycles. The van der Waals surface area contributed by atoms with Gasteiger partial charge < -0.3 is 11.1 Å². The molecule has 0 saturated heterocycles. The second kappa shape index (κ2) is 7.67. The van der Waals surface area contributed by atoms with Crippen LogP contribution in [0.1, 0.15) is 31.2 Å². The van der Waals surface area contributed by atoms with E-state index in [1.54, 1.807) is 0 Å². The summed E-state index contributed by atoms with van der Waals surface area (Å²) in [5.74, 6) is 1.34. The lowest BCUT2D eigenvalue weighted by Gasteiger charge is -2.27. The first-order valence-corrected chi connectivity index (χ1v) is 8.30. The van der Waals surface area contributed by atoms with Crippen LogP contribution in [0.5, 0.6) is 0 Å². The molecule has 2 aliphatic carbocycles. The van der Waals surface area contributed by atoms with Gasteiger partial charge in [0.05, 0.1) is 5.92 Å². The summed E-state index contributed by atoms with van der Waals surface area (Å²) < 4.78 is 0. The van der Waals surface area contributed by atoms with Crippen LogP contribution in [0.25, 0.3) is 0 Å². The summed E-state index contributed by atoms with van der Waals surface area (Å²) in [5, 5.41) is 3.84. The predicted molar refractivity (Wildman–Crippen MR) is 92.3 cm³/mol. The molecular weight excluding hydrogens is 319 g/mol. The van der Waals surface area contributed by atoms with Crippen LogP contribution in [0.15, 0.2) is 24.3 Å². The standard InChI is InChI=1S/C17H23ClN2O.ClH/c18-14-7-3-11(4-8-14)2-1-9-20-17(21)15-12-5-6-13(10-12)16(15)19;/h3-4,7-8,12-13,15-16H,1-2,5-6,9-10,19H2,(H,20,21);1H. The van der Waals surface area contributed by atoms with E-state index in [2.05, 4.69) is 5.32 Å². The first-order chi connectivity index (χ1) is 10.1.